The molecule has 24 heavy (non-hydrogen) atoms. The van der Waals surface area contributed by atoms with E-state index in [1.807, 2.05) is 6.07 Å². The van der Waals surface area contributed by atoms with Crippen molar-refractivity contribution in [3.8, 4) is 0 Å². The number of nitro benzene ring substituents is 1. The Kier molecular flexibility index (Phi) is 10.7. The molecule has 1 amide bonds. The van der Waals surface area contributed by atoms with Crippen LogP contribution in [0.5, 0.6) is 0 Å². The highest BCUT2D eigenvalue weighted by atomic mass is 35.5. The number of carbonyl (C=O) groups excluding carboxylic acids is 1. The average Bonchev–Trinajstić information content (AvgIpc) is 2.53. The van der Waals surface area contributed by atoms with E-state index in [2.05, 4.69) is 10.6 Å². The second kappa shape index (κ2) is 11.6. The number of nitro groups is 1. The molecule has 0 aromatic heterocycles. The molecule has 0 fully saturated rings. The number of ether oxygens (including phenoxy) is 1. The third-order valence-electron chi connectivity index (χ3n) is 3.35. The molecule has 9 heteroatoms. The molecular weight excluding hydrogens is 336 g/mol. The summed E-state index contributed by atoms with van der Waals surface area (Å²) in [5.74, 6) is -0.122. The Balaban J connectivity index is 0.00000529. The van der Waals surface area contributed by atoms with Gasteiger partial charge in [0.05, 0.1) is 17.4 Å². The predicted molar refractivity (Wildman–Crippen MR) is 95.7 cm³/mol. The summed E-state index contributed by atoms with van der Waals surface area (Å²) in [7, 11) is 1.52. The summed E-state index contributed by atoms with van der Waals surface area (Å²) >= 11 is 0. The Hall–Kier alpha value is -1.90. The number of nitrogens with one attached hydrogen (secondary N) is 2. The number of amides is 1. The lowest BCUT2D eigenvalue weighted by molar-refractivity contribution is -0.384. The number of aryl methyl sites for hydroxylation is 1. The van der Waals surface area contributed by atoms with Gasteiger partial charge in [0.1, 0.15) is 5.69 Å². The summed E-state index contributed by atoms with van der Waals surface area (Å²) in [5, 5.41) is 16.8. The highest BCUT2D eigenvalue weighted by molar-refractivity contribution is 5.85. The molecule has 136 valence electrons. The van der Waals surface area contributed by atoms with E-state index < -0.39 is 4.92 Å². The molecule has 0 heterocycles. The van der Waals surface area contributed by atoms with Gasteiger partial charge in [0.25, 0.3) is 5.69 Å². The van der Waals surface area contributed by atoms with Crippen molar-refractivity contribution in [1.29, 1.82) is 0 Å². The summed E-state index contributed by atoms with van der Waals surface area (Å²) in [6.07, 6.45) is 0.601. The lowest BCUT2D eigenvalue weighted by Gasteiger charge is -2.13. The Morgan fingerprint density at radius 2 is 2.12 bits per heavy atom. The minimum Gasteiger partial charge on any atom is -0.380 e. The van der Waals surface area contributed by atoms with Gasteiger partial charge in [-0.2, -0.15) is 0 Å². The molecule has 0 bridgehead atoms. The van der Waals surface area contributed by atoms with Crippen molar-refractivity contribution in [2.24, 2.45) is 5.73 Å². The Morgan fingerprint density at radius 3 is 2.71 bits per heavy atom. The second-order valence-corrected chi connectivity index (χ2v) is 5.21. The maximum atomic E-state index is 11.6. The zero-order valence-corrected chi connectivity index (χ0v) is 14.7. The van der Waals surface area contributed by atoms with Crippen LogP contribution in [0, 0.1) is 17.0 Å². The van der Waals surface area contributed by atoms with Crippen LogP contribution in [0.2, 0.25) is 0 Å². The number of methoxy groups -OCH3 is 1. The number of rotatable bonds is 10. The van der Waals surface area contributed by atoms with Crippen molar-refractivity contribution in [3.63, 3.8) is 0 Å². The molecule has 1 aromatic rings. The van der Waals surface area contributed by atoms with Gasteiger partial charge >= 0.3 is 0 Å². The summed E-state index contributed by atoms with van der Waals surface area (Å²) < 4.78 is 5.04. The van der Waals surface area contributed by atoms with Crippen LogP contribution < -0.4 is 16.4 Å². The van der Waals surface area contributed by atoms with E-state index >= 15 is 0 Å². The van der Waals surface area contributed by atoms with Crippen molar-refractivity contribution in [1.82, 2.24) is 5.32 Å². The number of hydrogen-bond acceptors (Lipinski definition) is 6. The number of anilines is 1. The van der Waals surface area contributed by atoms with Gasteiger partial charge in [0.2, 0.25) is 5.91 Å². The van der Waals surface area contributed by atoms with Crippen molar-refractivity contribution in [3.05, 3.63) is 33.9 Å². The molecule has 0 spiro atoms. The molecule has 8 nitrogen and oxygen atoms in total. The number of carbonyl (C=O) groups is 1. The molecule has 1 atom stereocenters. The van der Waals surface area contributed by atoms with Crippen LogP contribution >= 0.6 is 12.4 Å². The van der Waals surface area contributed by atoms with Gasteiger partial charge in [-0.15, -0.1) is 12.4 Å². The SMILES string of the molecule is COC(CN)CC(=O)NCCCNc1ccc(C)cc1[N+](=O)[O-].Cl. The average molecular weight is 361 g/mol. The largest absolute Gasteiger partial charge is 0.380 e. The molecule has 4 N–H and O–H groups in total. The van der Waals surface area contributed by atoms with Gasteiger partial charge in [-0.1, -0.05) is 6.07 Å². The van der Waals surface area contributed by atoms with Crippen LogP contribution in [0.15, 0.2) is 18.2 Å². The Bertz CT molecular complexity index is 538. The van der Waals surface area contributed by atoms with E-state index in [0.29, 0.717) is 31.7 Å². The molecular formula is C15H25ClN4O4. The standard InChI is InChI=1S/C15H24N4O4.ClH/c1-11-4-5-13(14(8-11)19(21)22)17-6-3-7-18-15(20)9-12(10-16)23-2;/h4-5,8,12,17H,3,6-7,9-10,16H2,1-2H3,(H,18,20);1H. The van der Waals surface area contributed by atoms with Crippen LogP contribution in [0.25, 0.3) is 0 Å². The number of hydrogen-bond donors (Lipinski definition) is 3. The van der Waals surface area contributed by atoms with E-state index in [1.54, 1.807) is 13.0 Å². The normalized spacial score (nSPS) is 11.3. The molecule has 1 rings (SSSR count). The Labute approximate surface area is 147 Å². The van der Waals surface area contributed by atoms with Crippen molar-refractivity contribution >= 4 is 29.7 Å². The van der Waals surface area contributed by atoms with Crippen molar-refractivity contribution < 1.29 is 14.5 Å². The minimum absolute atomic E-state index is 0. The van der Waals surface area contributed by atoms with Gasteiger partial charge in [-0.25, -0.2) is 0 Å². The molecule has 0 saturated carbocycles. The molecule has 1 aromatic carbocycles. The number of nitrogens with zero attached hydrogens (tertiary/aromatic N) is 1. The van der Waals surface area contributed by atoms with E-state index in [4.69, 9.17) is 10.5 Å². The summed E-state index contributed by atoms with van der Waals surface area (Å²) in [5.41, 5.74) is 6.82. The maximum Gasteiger partial charge on any atom is 0.292 e. The zero-order valence-electron chi connectivity index (χ0n) is 13.9. The molecule has 0 saturated heterocycles. The number of benzene rings is 1. The molecule has 0 aliphatic heterocycles. The monoisotopic (exact) mass is 360 g/mol. The third kappa shape index (κ3) is 7.58. The fourth-order valence-electron chi connectivity index (χ4n) is 2.02. The molecule has 0 radical (unpaired) electrons. The number of nitrogens with two attached hydrogens (primary N) is 1. The highest BCUT2D eigenvalue weighted by Crippen LogP contribution is 2.24. The minimum atomic E-state index is -0.408. The van der Waals surface area contributed by atoms with E-state index in [0.717, 1.165) is 5.56 Å². The molecule has 0 aliphatic rings. The predicted octanol–water partition coefficient (Wildman–Crippen LogP) is 1.61. The van der Waals surface area contributed by atoms with Crippen molar-refractivity contribution in [2.75, 3.05) is 32.1 Å². The first-order valence-electron chi connectivity index (χ1n) is 7.46. The van der Waals surface area contributed by atoms with Crippen LogP contribution in [-0.4, -0.2) is 43.7 Å². The van der Waals surface area contributed by atoms with Gasteiger partial charge in [0.15, 0.2) is 0 Å². The summed E-state index contributed by atoms with van der Waals surface area (Å²) in [4.78, 5) is 22.2. The quantitative estimate of drug-likeness (QED) is 0.331. The summed E-state index contributed by atoms with van der Waals surface area (Å²) in [6, 6.07) is 5.03. The molecule has 1 unspecified atom stereocenters. The fraction of sp³-hybridized carbons (Fsp3) is 0.533. The van der Waals surface area contributed by atoms with Crippen LogP contribution in [0.3, 0.4) is 0 Å². The highest BCUT2D eigenvalue weighted by Gasteiger charge is 2.13. The third-order valence-corrected chi connectivity index (χ3v) is 3.35. The first kappa shape index (κ1) is 22.1. The van der Waals surface area contributed by atoms with E-state index in [9.17, 15) is 14.9 Å². The van der Waals surface area contributed by atoms with Gasteiger partial charge in [0, 0.05) is 32.8 Å². The zero-order chi connectivity index (χ0) is 17.2. The van der Waals surface area contributed by atoms with Gasteiger partial charge in [-0.05, 0) is 25.0 Å². The first-order chi connectivity index (χ1) is 11.0. The smallest absolute Gasteiger partial charge is 0.292 e. The van der Waals surface area contributed by atoms with Crippen LogP contribution in [0.4, 0.5) is 11.4 Å². The van der Waals surface area contributed by atoms with Crippen LogP contribution in [-0.2, 0) is 9.53 Å². The number of halogens is 1. The van der Waals surface area contributed by atoms with Crippen LogP contribution in [0.1, 0.15) is 18.4 Å². The second-order valence-electron chi connectivity index (χ2n) is 5.21. The maximum absolute atomic E-state index is 11.6. The van der Waals surface area contributed by atoms with Crippen molar-refractivity contribution in [2.45, 2.75) is 25.9 Å². The lowest BCUT2D eigenvalue weighted by Crippen LogP contribution is -2.33. The van der Waals surface area contributed by atoms with Gasteiger partial charge in [-0.3, -0.25) is 14.9 Å². The van der Waals surface area contributed by atoms with Gasteiger partial charge < -0.3 is 21.1 Å². The fourth-order valence-corrected chi connectivity index (χ4v) is 2.02. The lowest BCUT2D eigenvalue weighted by atomic mass is 10.2. The topological polar surface area (TPSA) is 120 Å². The summed E-state index contributed by atoms with van der Waals surface area (Å²) in [6.45, 7) is 3.10. The molecule has 0 aliphatic carbocycles. The van der Waals surface area contributed by atoms with E-state index in [-0.39, 0.29) is 36.5 Å². The Morgan fingerprint density at radius 1 is 1.42 bits per heavy atom. The van der Waals surface area contributed by atoms with E-state index in [1.165, 1.54) is 13.2 Å². The first-order valence-corrected chi connectivity index (χ1v) is 7.46.